The molecular weight excluding hydrogens is 202 g/mol. The number of hydrogen-bond donors (Lipinski definition) is 1. The van der Waals surface area contributed by atoms with Crippen molar-refractivity contribution < 1.29 is 9.53 Å². The maximum atomic E-state index is 12.2. The van der Waals surface area contributed by atoms with Crippen molar-refractivity contribution in [2.75, 3.05) is 7.11 Å². The molecular formula is C13H15NO2. The van der Waals surface area contributed by atoms with E-state index in [4.69, 9.17) is 4.74 Å². The second-order valence-corrected chi connectivity index (χ2v) is 4.81. The Morgan fingerprint density at radius 1 is 1.31 bits per heavy atom. The van der Waals surface area contributed by atoms with Crippen molar-refractivity contribution in [3.8, 4) is 0 Å². The van der Waals surface area contributed by atoms with Crippen LogP contribution in [0.15, 0.2) is 36.5 Å². The average Bonchev–Trinajstić information content (AvgIpc) is 2.37. The maximum absolute atomic E-state index is 12.2. The molecule has 2 aliphatic carbocycles. The predicted molar refractivity (Wildman–Crippen MR) is 60.7 cm³/mol. The number of amides is 1. The van der Waals surface area contributed by atoms with E-state index in [0.29, 0.717) is 0 Å². The van der Waals surface area contributed by atoms with Crippen molar-refractivity contribution in [1.29, 1.82) is 0 Å². The zero-order chi connectivity index (χ0) is 11.4. The first-order valence-electron chi connectivity index (χ1n) is 5.55. The Hall–Kier alpha value is -1.35. The molecule has 0 aromatic carbocycles. The Morgan fingerprint density at radius 3 is 2.88 bits per heavy atom. The number of methoxy groups -OCH3 is 1. The molecule has 1 aliphatic heterocycles. The lowest BCUT2D eigenvalue weighted by Gasteiger charge is -2.45. The van der Waals surface area contributed by atoms with Crippen LogP contribution >= 0.6 is 0 Å². The maximum Gasteiger partial charge on any atom is 0.230 e. The second kappa shape index (κ2) is 2.86. The van der Waals surface area contributed by atoms with Gasteiger partial charge in [-0.3, -0.25) is 4.79 Å². The highest BCUT2D eigenvalue weighted by molar-refractivity contribution is 5.90. The van der Waals surface area contributed by atoms with Gasteiger partial charge in [0.15, 0.2) is 0 Å². The average molecular weight is 217 g/mol. The van der Waals surface area contributed by atoms with Gasteiger partial charge >= 0.3 is 0 Å². The van der Waals surface area contributed by atoms with E-state index in [2.05, 4.69) is 17.5 Å². The highest BCUT2D eigenvalue weighted by atomic mass is 16.5. The van der Waals surface area contributed by atoms with E-state index in [9.17, 15) is 4.79 Å². The first-order chi connectivity index (χ1) is 7.65. The zero-order valence-corrected chi connectivity index (χ0v) is 9.44. The number of carbonyl (C=O) groups excluding carboxylic acids is 1. The minimum Gasteiger partial charge on any atom is -0.370 e. The molecule has 1 fully saturated rings. The fourth-order valence-electron chi connectivity index (χ4n) is 3.25. The molecule has 3 nitrogen and oxygen atoms in total. The summed E-state index contributed by atoms with van der Waals surface area (Å²) >= 11 is 0. The summed E-state index contributed by atoms with van der Waals surface area (Å²) in [5, 5.41) is 3.01. The standard InChI is InChI=1S/C13H15NO2/c1-12-9-5-3-4-8-13(12,16-2)10(7-6-9)14-11(12)15/h3-10H,1-2H3,(H,14,15)/t9-,10-,12+,13+/m1/s1. The highest BCUT2D eigenvalue weighted by Crippen LogP contribution is 2.53. The van der Waals surface area contributed by atoms with Crippen molar-refractivity contribution in [1.82, 2.24) is 5.32 Å². The van der Waals surface area contributed by atoms with Gasteiger partial charge in [0.2, 0.25) is 5.91 Å². The summed E-state index contributed by atoms with van der Waals surface area (Å²) in [6.07, 6.45) is 12.2. The Kier molecular flexibility index (Phi) is 1.76. The van der Waals surface area contributed by atoms with Gasteiger partial charge in [-0.15, -0.1) is 0 Å². The molecule has 84 valence electrons. The smallest absolute Gasteiger partial charge is 0.230 e. The first kappa shape index (κ1) is 9.85. The second-order valence-electron chi connectivity index (χ2n) is 4.81. The van der Waals surface area contributed by atoms with E-state index in [1.807, 2.05) is 31.2 Å². The topological polar surface area (TPSA) is 38.3 Å². The summed E-state index contributed by atoms with van der Waals surface area (Å²) < 4.78 is 5.73. The van der Waals surface area contributed by atoms with E-state index < -0.39 is 11.0 Å². The Bertz CT molecular complexity index is 437. The number of ether oxygens (including phenoxy) is 1. The lowest BCUT2D eigenvalue weighted by molar-refractivity contribution is -0.137. The van der Waals surface area contributed by atoms with E-state index in [1.165, 1.54) is 0 Å². The molecule has 0 unspecified atom stereocenters. The molecule has 1 heterocycles. The van der Waals surface area contributed by atoms with Gasteiger partial charge in [0.25, 0.3) is 0 Å². The SMILES string of the molecule is CO[C@@]12C=CC=C[C@@H]3C=C[C@H]1NC(=O)[C@]32C. The fourth-order valence-corrected chi connectivity index (χ4v) is 3.25. The van der Waals surface area contributed by atoms with Crippen molar-refractivity contribution in [3.63, 3.8) is 0 Å². The molecule has 3 aliphatic rings. The zero-order valence-electron chi connectivity index (χ0n) is 9.44. The number of rotatable bonds is 1. The molecule has 0 radical (unpaired) electrons. The summed E-state index contributed by atoms with van der Waals surface area (Å²) in [5.74, 6) is 0.173. The van der Waals surface area contributed by atoms with Gasteiger partial charge in [0.1, 0.15) is 5.60 Å². The molecule has 3 rings (SSSR count). The predicted octanol–water partition coefficient (Wildman–Crippen LogP) is 1.19. The molecule has 0 aromatic rings. The number of nitrogens with one attached hydrogen (secondary N) is 1. The van der Waals surface area contributed by atoms with Gasteiger partial charge in [-0.1, -0.05) is 30.4 Å². The molecule has 1 saturated heterocycles. The lowest BCUT2D eigenvalue weighted by Crippen LogP contribution is -2.55. The summed E-state index contributed by atoms with van der Waals surface area (Å²) in [6.45, 7) is 1.99. The van der Waals surface area contributed by atoms with Crippen LogP contribution in [-0.4, -0.2) is 24.7 Å². The summed E-state index contributed by atoms with van der Waals surface area (Å²) in [5.41, 5.74) is -1.09. The van der Waals surface area contributed by atoms with Gasteiger partial charge in [-0.05, 0) is 13.0 Å². The van der Waals surface area contributed by atoms with Gasteiger partial charge in [0.05, 0.1) is 11.5 Å². The van der Waals surface area contributed by atoms with E-state index in [0.717, 1.165) is 0 Å². The van der Waals surface area contributed by atoms with Gasteiger partial charge < -0.3 is 10.1 Å². The van der Waals surface area contributed by atoms with Crippen molar-refractivity contribution in [3.05, 3.63) is 36.5 Å². The van der Waals surface area contributed by atoms with Crippen LogP contribution in [-0.2, 0) is 9.53 Å². The van der Waals surface area contributed by atoms with Crippen LogP contribution in [0, 0.1) is 11.3 Å². The molecule has 16 heavy (non-hydrogen) atoms. The fraction of sp³-hybridized carbons (Fsp3) is 0.462. The summed E-state index contributed by atoms with van der Waals surface area (Å²) in [6, 6.07) is -0.0533. The Labute approximate surface area is 94.9 Å². The van der Waals surface area contributed by atoms with E-state index in [1.54, 1.807) is 7.11 Å². The molecule has 4 atom stereocenters. The first-order valence-corrected chi connectivity index (χ1v) is 5.55. The molecule has 0 saturated carbocycles. The summed E-state index contributed by atoms with van der Waals surface area (Å²) in [4.78, 5) is 12.2. The van der Waals surface area contributed by atoms with Gasteiger partial charge in [-0.25, -0.2) is 0 Å². The van der Waals surface area contributed by atoms with Gasteiger partial charge in [0, 0.05) is 13.0 Å². The van der Waals surface area contributed by atoms with Crippen LogP contribution in [0.4, 0.5) is 0 Å². The van der Waals surface area contributed by atoms with Crippen molar-refractivity contribution in [2.24, 2.45) is 11.3 Å². The van der Waals surface area contributed by atoms with Crippen molar-refractivity contribution >= 4 is 5.91 Å². The number of carbonyl (C=O) groups is 1. The van der Waals surface area contributed by atoms with Crippen LogP contribution in [0.1, 0.15) is 6.92 Å². The van der Waals surface area contributed by atoms with Crippen LogP contribution < -0.4 is 5.32 Å². The number of allylic oxidation sites excluding steroid dienone is 4. The number of hydrogen-bond acceptors (Lipinski definition) is 2. The van der Waals surface area contributed by atoms with Gasteiger partial charge in [-0.2, -0.15) is 0 Å². The monoisotopic (exact) mass is 217 g/mol. The molecule has 3 heteroatoms. The molecule has 1 amide bonds. The molecule has 0 spiro atoms. The van der Waals surface area contributed by atoms with Crippen LogP contribution in [0.2, 0.25) is 0 Å². The third kappa shape index (κ3) is 0.824. The normalized spacial score (nSPS) is 48.0. The van der Waals surface area contributed by atoms with E-state index in [-0.39, 0.29) is 17.9 Å². The van der Waals surface area contributed by atoms with Crippen LogP contribution in [0.5, 0.6) is 0 Å². The van der Waals surface area contributed by atoms with Crippen molar-refractivity contribution in [2.45, 2.75) is 18.6 Å². The van der Waals surface area contributed by atoms with Crippen LogP contribution in [0.3, 0.4) is 0 Å². The molecule has 1 N–H and O–H groups in total. The van der Waals surface area contributed by atoms with E-state index >= 15 is 0 Å². The minimum absolute atomic E-state index is 0.0533. The Morgan fingerprint density at radius 2 is 2.12 bits per heavy atom. The summed E-state index contributed by atoms with van der Waals surface area (Å²) in [7, 11) is 1.68. The van der Waals surface area contributed by atoms with Crippen LogP contribution in [0.25, 0.3) is 0 Å². The third-order valence-corrected chi connectivity index (χ3v) is 4.32. The molecule has 0 aromatic heterocycles. The highest BCUT2D eigenvalue weighted by Gasteiger charge is 2.66. The Balaban J connectivity index is 2.29. The largest absolute Gasteiger partial charge is 0.370 e. The third-order valence-electron chi connectivity index (χ3n) is 4.32. The lowest BCUT2D eigenvalue weighted by atomic mass is 9.62. The molecule has 4 bridgehead atoms. The minimum atomic E-state index is -0.549. The quantitative estimate of drug-likeness (QED) is 0.670.